The summed E-state index contributed by atoms with van der Waals surface area (Å²) in [6.45, 7) is 2.30. The van der Waals surface area contributed by atoms with Crippen LogP contribution in [0.25, 0.3) is 0 Å². The zero-order chi connectivity index (χ0) is 7.90. The summed E-state index contributed by atoms with van der Waals surface area (Å²) in [6.07, 6.45) is 7.53. The van der Waals surface area contributed by atoms with Gasteiger partial charge in [-0.3, -0.25) is 4.79 Å². The summed E-state index contributed by atoms with van der Waals surface area (Å²) < 4.78 is 0. The first-order valence-corrected chi connectivity index (χ1v) is 4.45. The van der Waals surface area contributed by atoms with Crippen LogP contribution >= 0.6 is 0 Å². The Balaban J connectivity index is 2.34. The third-order valence-corrected chi connectivity index (χ3v) is 3.21. The lowest BCUT2D eigenvalue weighted by atomic mass is 9.76. The summed E-state index contributed by atoms with van der Waals surface area (Å²) in [6, 6.07) is 0. The molecule has 1 saturated carbocycles. The maximum atomic E-state index is 11.1. The van der Waals surface area contributed by atoms with Crippen LogP contribution in [0.1, 0.15) is 39.0 Å². The second-order valence-corrected chi connectivity index (χ2v) is 4.05. The first-order chi connectivity index (χ1) is 5.21. The molecule has 0 unspecified atom stereocenters. The lowest BCUT2D eigenvalue weighted by molar-refractivity contribution is -0.115. The van der Waals surface area contributed by atoms with Gasteiger partial charge >= 0.3 is 0 Å². The van der Waals surface area contributed by atoms with E-state index in [9.17, 15) is 4.79 Å². The van der Waals surface area contributed by atoms with Crippen molar-refractivity contribution < 1.29 is 4.79 Å². The number of rotatable bonds is 0. The van der Waals surface area contributed by atoms with Gasteiger partial charge < -0.3 is 0 Å². The smallest absolute Gasteiger partial charge is 0.155 e. The largest absolute Gasteiger partial charge is 0.295 e. The van der Waals surface area contributed by atoms with Crippen LogP contribution in [-0.4, -0.2) is 5.78 Å². The number of carbonyl (C=O) groups is 1. The maximum Gasteiger partial charge on any atom is 0.155 e. The summed E-state index contributed by atoms with van der Waals surface area (Å²) in [5.41, 5.74) is 1.84. The van der Waals surface area contributed by atoms with E-state index in [2.05, 4.69) is 6.92 Å². The van der Waals surface area contributed by atoms with Crippen molar-refractivity contribution in [2.45, 2.75) is 39.0 Å². The van der Waals surface area contributed by atoms with Gasteiger partial charge in [-0.1, -0.05) is 12.5 Å². The molecule has 2 rings (SSSR count). The minimum Gasteiger partial charge on any atom is -0.295 e. The minimum atomic E-state index is 0.347. The number of hydrogen-bond acceptors (Lipinski definition) is 1. The second-order valence-electron chi connectivity index (χ2n) is 4.05. The van der Waals surface area contributed by atoms with Gasteiger partial charge in [-0.15, -0.1) is 0 Å². The molecule has 0 aromatic rings. The predicted molar refractivity (Wildman–Crippen MR) is 44.3 cm³/mol. The highest BCUT2D eigenvalue weighted by Crippen LogP contribution is 2.47. The van der Waals surface area contributed by atoms with Gasteiger partial charge in [-0.05, 0) is 37.2 Å². The van der Waals surface area contributed by atoms with Crippen LogP contribution in [0.4, 0.5) is 0 Å². The molecule has 0 bridgehead atoms. The zero-order valence-electron chi connectivity index (χ0n) is 7.02. The number of hydrogen-bond donors (Lipinski definition) is 0. The predicted octanol–water partition coefficient (Wildman–Crippen LogP) is 2.47. The van der Waals surface area contributed by atoms with Gasteiger partial charge in [0.1, 0.15) is 0 Å². The molecular formula is C10H14O. The third-order valence-electron chi connectivity index (χ3n) is 3.21. The van der Waals surface area contributed by atoms with Gasteiger partial charge in [-0.2, -0.15) is 0 Å². The Bertz CT molecular complexity index is 227. The van der Waals surface area contributed by atoms with E-state index in [0.29, 0.717) is 11.2 Å². The van der Waals surface area contributed by atoms with Crippen LogP contribution < -0.4 is 0 Å². The van der Waals surface area contributed by atoms with Crippen LogP contribution in [0.2, 0.25) is 0 Å². The fourth-order valence-electron chi connectivity index (χ4n) is 2.33. The van der Waals surface area contributed by atoms with E-state index in [1.807, 2.05) is 6.08 Å². The van der Waals surface area contributed by atoms with Crippen molar-refractivity contribution >= 4 is 5.78 Å². The van der Waals surface area contributed by atoms with E-state index in [1.165, 1.54) is 24.8 Å². The van der Waals surface area contributed by atoms with Gasteiger partial charge in [-0.25, -0.2) is 0 Å². The van der Waals surface area contributed by atoms with Crippen molar-refractivity contribution in [2.75, 3.05) is 0 Å². The average molecular weight is 150 g/mol. The molecule has 1 heteroatoms. The van der Waals surface area contributed by atoms with Gasteiger partial charge in [0.2, 0.25) is 0 Å². The first kappa shape index (κ1) is 7.08. The lowest BCUT2D eigenvalue weighted by Gasteiger charge is -2.28. The molecule has 2 aliphatic carbocycles. The summed E-state index contributed by atoms with van der Waals surface area (Å²) in [7, 11) is 0. The highest BCUT2D eigenvalue weighted by Gasteiger charge is 2.36. The van der Waals surface area contributed by atoms with Crippen molar-refractivity contribution in [3.63, 3.8) is 0 Å². The Morgan fingerprint density at radius 2 is 2.18 bits per heavy atom. The molecule has 1 nitrogen and oxygen atoms in total. The SMILES string of the molecule is C[C@]12CCCC1=CC(=O)CC2. The van der Waals surface area contributed by atoms with Crippen LogP contribution in [0.3, 0.4) is 0 Å². The molecule has 0 amide bonds. The van der Waals surface area contributed by atoms with Gasteiger partial charge in [0.25, 0.3) is 0 Å². The minimum absolute atomic E-state index is 0.347. The molecule has 11 heavy (non-hydrogen) atoms. The quantitative estimate of drug-likeness (QED) is 0.518. The number of fused-ring (bicyclic) bond motifs is 1. The van der Waals surface area contributed by atoms with E-state index < -0.39 is 0 Å². The van der Waals surface area contributed by atoms with Crippen LogP contribution in [0, 0.1) is 5.41 Å². The second kappa shape index (κ2) is 2.20. The highest BCUT2D eigenvalue weighted by atomic mass is 16.1. The number of allylic oxidation sites excluding steroid dienone is 2. The van der Waals surface area contributed by atoms with Crippen molar-refractivity contribution in [1.29, 1.82) is 0 Å². The maximum absolute atomic E-state index is 11.1. The first-order valence-electron chi connectivity index (χ1n) is 4.45. The molecule has 0 aromatic carbocycles. The van der Waals surface area contributed by atoms with Gasteiger partial charge in [0.05, 0.1) is 0 Å². The Morgan fingerprint density at radius 1 is 1.36 bits per heavy atom. The topological polar surface area (TPSA) is 17.1 Å². The lowest BCUT2D eigenvalue weighted by Crippen LogP contribution is -2.20. The van der Waals surface area contributed by atoms with Gasteiger partial charge in [0.15, 0.2) is 5.78 Å². The summed E-state index contributed by atoms with van der Waals surface area (Å²) in [4.78, 5) is 11.1. The van der Waals surface area contributed by atoms with E-state index >= 15 is 0 Å². The molecule has 1 fully saturated rings. The molecule has 0 aliphatic heterocycles. The molecule has 0 N–H and O–H groups in total. The van der Waals surface area contributed by atoms with E-state index in [4.69, 9.17) is 0 Å². The monoisotopic (exact) mass is 150 g/mol. The normalized spacial score (nSPS) is 36.8. The number of carbonyl (C=O) groups excluding carboxylic acids is 1. The Kier molecular flexibility index (Phi) is 1.41. The molecular weight excluding hydrogens is 136 g/mol. The van der Waals surface area contributed by atoms with E-state index in [-0.39, 0.29) is 0 Å². The summed E-state index contributed by atoms with van der Waals surface area (Å²) >= 11 is 0. The van der Waals surface area contributed by atoms with Crippen LogP contribution in [-0.2, 0) is 4.79 Å². The van der Waals surface area contributed by atoms with Crippen molar-refractivity contribution in [3.8, 4) is 0 Å². The summed E-state index contributed by atoms with van der Waals surface area (Å²) in [5.74, 6) is 0.347. The average Bonchev–Trinajstić information content (AvgIpc) is 2.31. The Morgan fingerprint density at radius 3 is 3.00 bits per heavy atom. The Hall–Kier alpha value is -0.590. The molecule has 0 aromatic heterocycles. The van der Waals surface area contributed by atoms with E-state index in [0.717, 1.165) is 12.8 Å². The van der Waals surface area contributed by atoms with Crippen molar-refractivity contribution in [3.05, 3.63) is 11.6 Å². The van der Waals surface area contributed by atoms with Gasteiger partial charge in [0, 0.05) is 6.42 Å². The fourth-order valence-corrected chi connectivity index (χ4v) is 2.33. The highest BCUT2D eigenvalue weighted by molar-refractivity contribution is 5.91. The molecule has 1 atom stereocenters. The van der Waals surface area contributed by atoms with Crippen LogP contribution in [0.15, 0.2) is 11.6 Å². The number of ketones is 1. The van der Waals surface area contributed by atoms with Crippen molar-refractivity contribution in [2.24, 2.45) is 5.41 Å². The standard InChI is InChI=1S/C10H14O/c1-10-5-2-3-8(10)7-9(11)4-6-10/h7H,2-6H2,1H3/t10-/m1/s1. The molecule has 0 saturated heterocycles. The fraction of sp³-hybridized carbons (Fsp3) is 0.700. The third kappa shape index (κ3) is 1.03. The van der Waals surface area contributed by atoms with E-state index in [1.54, 1.807) is 0 Å². The molecule has 2 aliphatic rings. The van der Waals surface area contributed by atoms with Crippen LogP contribution in [0.5, 0.6) is 0 Å². The summed E-state index contributed by atoms with van der Waals surface area (Å²) in [5, 5.41) is 0. The molecule has 0 heterocycles. The Labute approximate surface area is 67.5 Å². The molecule has 60 valence electrons. The van der Waals surface area contributed by atoms with Crippen molar-refractivity contribution in [1.82, 2.24) is 0 Å². The zero-order valence-corrected chi connectivity index (χ0v) is 7.02. The molecule has 0 radical (unpaired) electrons. The molecule has 0 spiro atoms.